The van der Waals surface area contributed by atoms with Gasteiger partial charge in [0.25, 0.3) is 0 Å². The summed E-state index contributed by atoms with van der Waals surface area (Å²) in [6, 6.07) is 4.12. The maximum absolute atomic E-state index is 12.1. The molecular weight excluding hydrogens is 276 g/mol. The van der Waals surface area contributed by atoms with Crippen molar-refractivity contribution in [3.63, 3.8) is 0 Å². The Morgan fingerprint density at radius 1 is 1.36 bits per heavy atom. The van der Waals surface area contributed by atoms with Gasteiger partial charge in [0, 0.05) is 36.3 Å². The van der Waals surface area contributed by atoms with Gasteiger partial charge < -0.3 is 5.32 Å². The van der Waals surface area contributed by atoms with E-state index in [2.05, 4.69) is 42.2 Å². The molecule has 3 heterocycles. The Labute approximate surface area is 130 Å². The second-order valence-corrected chi connectivity index (χ2v) is 6.27. The van der Waals surface area contributed by atoms with E-state index < -0.39 is 0 Å². The Kier molecular flexibility index (Phi) is 3.96. The standard InChI is InChI=1S/C17H22N4O/c1-4-12-5-6-15(18-8-12)13-7-16(22)20-17-14(13)9-19-21(17)10-11(2)3/h5-6,8-9,11,13H,4,7,10H2,1-3H3,(H,20,22). The number of aryl methyl sites for hydroxylation is 1. The molecule has 0 aliphatic carbocycles. The van der Waals surface area contributed by atoms with Gasteiger partial charge in [0.1, 0.15) is 5.82 Å². The zero-order valence-corrected chi connectivity index (χ0v) is 13.3. The van der Waals surface area contributed by atoms with E-state index in [0.29, 0.717) is 12.3 Å². The molecule has 5 nitrogen and oxygen atoms in total. The summed E-state index contributed by atoms with van der Waals surface area (Å²) in [6.45, 7) is 7.19. The summed E-state index contributed by atoms with van der Waals surface area (Å²) in [5.41, 5.74) is 3.22. The lowest BCUT2D eigenvalue weighted by atomic mass is 9.90. The number of hydrogen-bond donors (Lipinski definition) is 1. The van der Waals surface area contributed by atoms with Crippen LogP contribution in [0.5, 0.6) is 0 Å². The molecule has 1 unspecified atom stereocenters. The predicted octanol–water partition coefficient (Wildman–Crippen LogP) is 2.97. The van der Waals surface area contributed by atoms with Crippen molar-refractivity contribution in [1.29, 1.82) is 0 Å². The Morgan fingerprint density at radius 3 is 2.82 bits per heavy atom. The highest BCUT2D eigenvalue weighted by Gasteiger charge is 2.30. The molecule has 22 heavy (non-hydrogen) atoms. The number of anilines is 1. The van der Waals surface area contributed by atoms with Crippen molar-refractivity contribution in [3.05, 3.63) is 41.3 Å². The van der Waals surface area contributed by atoms with Crippen LogP contribution in [0.2, 0.25) is 0 Å². The van der Waals surface area contributed by atoms with Crippen LogP contribution in [0.1, 0.15) is 49.9 Å². The Morgan fingerprint density at radius 2 is 2.18 bits per heavy atom. The number of nitrogens with one attached hydrogen (secondary N) is 1. The predicted molar refractivity (Wildman–Crippen MR) is 85.8 cm³/mol. The van der Waals surface area contributed by atoms with Crippen molar-refractivity contribution >= 4 is 11.7 Å². The topological polar surface area (TPSA) is 59.8 Å². The van der Waals surface area contributed by atoms with Crippen LogP contribution in [0.25, 0.3) is 0 Å². The van der Waals surface area contributed by atoms with Gasteiger partial charge in [0.05, 0.1) is 6.20 Å². The van der Waals surface area contributed by atoms with Gasteiger partial charge in [-0.25, -0.2) is 4.68 Å². The molecule has 0 radical (unpaired) electrons. The summed E-state index contributed by atoms with van der Waals surface area (Å²) in [5.74, 6) is 1.33. The normalized spacial score (nSPS) is 17.5. The molecule has 0 saturated heterocycles. The fourth-order valence-electron chi connectivity index (χ4n) is 2.87. The molecule has 0 saturated carbocycles. The van der Waals surface area contributed by atoms with Crippen molar-refractivity contribution < 1.29 is 4.79 Å². The number of carbonyl (C=O) groups excluding carboxylic acids is 1. The number of amides is 1. The lowest BCUT2D eigenvalue weighted by Gasteiger charge is -2.23. The van der Waals surface area contributed by atoms with Gasteiger partial charge in [-0.15, -0.1) is 0 Å². The molecule has 3 rings (SSSR count). The molecule has 2 aromatic rings. The minimum atomic E-state index is -0.00410. The minimum Gasteiger partial charge on any atom is -0.311 e. The van der Waals surface area contributed by atoms with E-state index >= 15 is 0 Å². The number of carbonyl (C=O) groups is 1. The van der Waals surface area contributed by atoms with E-state index in [1.165, 1.54) is 5.56 Å². The number of fused-ring (bicyclic) bond motifs is 1. The highest BCUT2D eigenvalue weighted by atomic mass is 16.1. The molecule has 0 fully saturated rings. The minimum absolute atomic E-state index is 0.00410. The van der Waals surface area contributed by atoms with Gasteiger partial charge in [0.15, 0.2) is 0 Å². The fourth-order valence-corrected chi connectivity index (χ4v) is 2.87. The lowest BCUT2D eigenvalue weighted by Crippen LogP contribution is -2.25. The van der Waals surface area contributed by atoms with E-state index in [0.717, 1.165) is 30.0 Å². The van der Waals surface area contributed by atoms with Crippen LogP contribution in [0.15, 0.2) is 24.5 Å². The second-order valence-electron chi connectivity index (χ2n) is 6.27. The lowest BCUT2D eigenvalue weighted by molar-refractivity contribution is -0.116. The van der Waals surface area contributed by atoms with Gasteiger partial charge in [-0.3, -0.25) is 9.78 Å². The molecule has 1 atom stereocenters. The highest BCUT2D eigenvalue weighted by molar-refractivity contribution is 5.94. The SMILES string of the molecule is CCc1ccc(C2CC(=O)Nc3c2cnn3CC(C)C)nc1. The van der Waals surface area contributed by atoms with Crippen molar-refractivity contribution in [2.75, 3.05) is 5.32 Å². The van der Waals surface area contributed by atoms with E-state index in [9.17, 15) is 4.79 Å². The summed E-state index contributed by atoms with van der Waals surface area (Å²) in [4.78, 5) is 16.6. The third kappa shape index (κ3) is 2.75. The molecule has 0 aromatic carbocycles. The van der Waals surface area contributed by atoms with Crippen LogP contribution in [-0.2, 0) is 17.8 Å². The van der Waals surface area contributed by atoms with Gasteiger partial charge in [-0.05, 0) is 24.0 Å². The number of aromatic nitrogens is 3. The Bertz CT molecular complexity index is 672. The van der Waals surface area contributed by atoms with Gasteiger partial charge in [-0.1, -0.05) is 26.8 Å². The molecule has 1 aliphatic heterocycles. The molecule has 0 bridgehead atoms. The largest absolute Gasteiger partial charge is 0.311 e. The van der Waals surface area contributed by atoms with Gasteiger partial charge in [0.2, 0.25) is 5.91 Å². The first-order valence-corrected chi connectivity index (χ1v) is 7.88. The molecule has 0 spiro atoms. The number of nitrogens with zero attached hydrogens (tertiary/aromatic N) is 3. The smallest absolute Gasteiger partial charge is 0.226 e. The van der Waals surface area contributed by atoms with Gasteiger partial charge in [-0.2, -0.15) is 5.10 Å². The molecule has 116 valence electrons. The number of pyridine rings is 1. The summed E-state index contributed by atoms with van der Waals surface area (Å²) in [6.07, 6.45) is 5.17. The first kappa shape index (κ1) is 14.8. The maximum Gasteiger partial charge on any atom is 0.226 e. The van der Waals surface area contributed by atoms with Crippen molar-refractivity contribution in [3.8, 4) is 0 Å². The van der Waals surface area contributed by atoms with Crippen LogP contribution in [-0.4, -0.2) is 20.7 Å². The summed E-state index contributed by atoms with van der Waals surface area (Å²) < 4.78 is 1.89. The van der Waals surface area contributed by atoms with Crippen LogP contribution in [0, 0.1) is 5.92 Å². The number of hydrogen-bond acceptors (Lipinski definition) is 3. The van der Waals surface area contributed by atoms with Gasteiger partial charge >= 0.3 is 0 Å². The maximum atomic E-state index is 12.1. The molecule has 2 aromatic heterocycles. The third-order valence-electron chi connectivity index (χ3n) is 4.04. The molecular formula is C17H22N4O. The van der Waals surface area contributed by atoms with Crippen LogP contribution < -0.4 is 5.32 Å². The Balaban J connectivity index is 1.97. The summed E-state index contributed by atoms with van der Waals surface area (Å²) in [5, 5.41) is 7.43. The zero-order chi connectivity index (χ0) is 15.7. The van der Waals surface area contributed by atoms with Crippen molar-refractivity contribution in [2.45, 2.75) is 46.1 Å². The monoisotopic (exact) mass is 298 g/mol. The quantitative estimate of drug-likeness (QED) is 0.944. The number of rotatable bonds is 4. The average molecular weight is 298 g/mol. The molecule has 1 aliphatic rings. The molecule has 1 amide bonds. The van der Waals surface area contributed by atoms with E-state index in [4.69, 9.17) is 0 Å². The third-order valence-corrected chi connectivity index (χ3v) is 4.04. The molecule has 5 heteroatoms. The highest BCUT2D eigenvalue weighted by Crippen LogP contribution is 2.36. The average Bonchev–Trinajstić information content (AvgIpc) is 2.89. The molecule has 1 N–H and O–H groups in total. The van der Waals surface area contributed by atoms with E-state index in [1.807, 2.05) is 23.1 Å². The first-order chi connectivity index (χ1) is 10.6. The van der Waals surface area contributed by atoms with E-state index in [1.54, 1.807) is 0 Å². The Hall–Kier alpha value is -2.17. The summed E-state index contributed by atoms with van der Waals surface area (Å²) in [7, 11) is 0. The van der Waals surface area contributed by atoms with Crippen LogP contribution >= 0.6 is 0 Å². The van der Waals surface area contributed by atoms with Crippen LogP contribution in [0.3, 0.4) is 0 Å². The van der Waals surface area contributed by atoms with Crippen molar-refractivity contribution in [1.82, 2.24) is 14.8 Å². The van der Waals surface area contributed by atoms with Crippen molar-refractivity contribution in [2.24, 2.45) is 5.92 Å². The van der Waals surface area contributed by atoms with E-state index in [-0.39, 0.29) is 11.8 Å². The zero-order valence-electron chi connectivity index (χ0n) is 13.3. The van der Waals surface area contributed by atoms with Crippen LogP contribution in [0.4, 0.5) is 5.82 Å². The second kappa shape index (κ2) is 5.91. The first-order valence-electron chi connectivity index (χ1n) is 7.88. The fraction of sp³-hybridized carbons (Fsp3) is 0.471. The summed E-state index contributed by atoms with van der Waals surface area (Å²) >= 11 is 0.